The number of nitrogens with one attached hydrogen (secondary N) is 5. The highest BCUT2D eigenvalue weighted by Crippen LogP contribution is 2.35. The number of imide groups is 4. The third-order valence-electron chi connectivity index (χ3n) is 13.9. The maximum absolute atomic E-state index is 13.2. The molecule has 0 radical (unpaired) electrons. The third kappa shape index (κ3) is 15.0. The number of fused-ring (bicyclic) bond motifs is 2. The average molecular weight is 1220 g/mol. The van der Waals surface area contributed by atoms with E-state index in [1.807, 2.05) is 17.1 Å². The van der Waals surface area contributed by atoms with Crippen LogP contribution in [0.5, 0.6) is 0 Å². The first-order valence-corrected chi connectivity index (χ1v) is 26.7. The minimum absolute atomic E-state index is 0. The number of anilines is 2. The number of hydrogen-bond donors (Lipinski definition) is 5. The summed E-state index contributed by atoms with van der Waals surface area (Å²) in [6.45, 7) is -0.0136. The number of rotatable bonds is 13. The van der Waals surface area contributed by atoms with E-state index in [4.69, 9.17) is 0 Å². The van der Waals surface area contributed by atoms with Gasteiger partial charge in [0, 0.05) is 73.9 Å². The summed E-state index contributed by atoms with van der Waals surface area (Å²) in [5.41, 5.74) is -2.23. The van der Waals surface area contributed by atoms with Gasteiger partial charge in [-0.15, -0.1) is 12.4 Å². The number of likely N-dealkylation sites (tertiary alicyclic amines) is 1. The fourth-order valence-electron chi connectivity index (χ4n) is 9.93. The molecule has 2 atom stereocenters. The largest absolute Gasteiger partial charge is 0.523 e. The Morgan fingerprint density at radius 3 is 1.42 bits per heavy atom. The van der Waals surface area contributed by atoms with Crippen molar-refractivity contribution in [3.05, 3.63) is 94.6 Å². The van der Waals surface area contributed by atoms with E-state index in [1.54, 1.807) is 47.4 Å². The molecule has 2 aromatic carbocycles. The van der Waals surface area contributed by atoms with Crippen molar-refractivity contribution in [3.63, 3.8) is 0 Å². The van der Waals surface area contributed by atoms with Gasteiger partial charge in [-0.2, -0.15) is 58.1 Å². The molecular formula is C49H52ClF9N12O11S. The molecule has 6 aliphatic heterocycles. The van der Waals surface area contributed by atoms with E-state index in [2.05, 4.69) is 41.0 Å². The van der Waals surface area contributed by atoms with Crippen LogP contribution in [-0.2, 0) is 46.6 Å². The maximum atomic E-state index is 13.2. The number of alkyl halides is 9. The van der Waals surface area contributed by atoms with Crippen LogP contribution in [0.2, 0.25) is 0 Å². The molecule has 4 fully saturated rings. The monoisotopic (exact) mass is 1220 g/mol. The Morgan fingerprint density at radius 2 is 1.02 bits per heavy atom. The van der Waals surface area contributed by atoms with Crippen LogP contribution in [0.3, 0.4) is 0 Å². The lowest BCUT2D eigenvalue weighted by atomic mass is 10.0. The molecule has 2 aromatic heterocycles. The second-order valence-corrected chi connectivity index (χ2v) is 21.2. The quantitative estimate of drug-likeness (QED) is 0.0522. The predicted octanol–water partition coefficient (Wildman–Crippen LogP) is 4.75. The molecule has 34 heteroatoms. The van der Waals surface area contributed by atoms with Crippen LogP contribution in [0.4, 0.5) is 50.9 Å². The van der Waals surface area contributed by atoms with Gasteiger partial charge in [0.1, 0.15) is 12.1 Å². The van der Waals surface area contributed by atoms with Gasteiger partial charge in [0.15, 0.2) is 6.61 Å². The molecule has 0 spiro atoms. The molecule has 4 saturated heterocycles. The van der Waals surface area contributed by atoms with E-state index in [-0.39, 0.29) is 66.4 Å². The Bertz CT molecular complexity index is 3250. The summed E-state index contributed by atoms with van der Waals surface area (Å²) in [6, 6.07) is 8.23. The number of nitrogens with zero attached hydrogens (tertiary/aromatic N) is 7. The van der Waals surface area contributed by atoms with Crippen molar-refractivity contribution in [2.75, 3.05) is 50.0 Å². The summed E-state index contributed by atoms with van der Waals surface area (Å²) < 4.78 is 132. The van der Waals surface area contributed by atoms with Gasteiger partial charge in [0.2, 0.25) is 23.6 Å². The number of halogens is 10. The van der Waals surface area contributed by atoms with Crippen LogP contribution in [0, 0.1) is 0 Å². The second kappa shape index (κ2) is 25.6. The number of amides is 8. The van der Waals surface area contributed by atoms with Crippen LogP contribution in [0.1, 0.15) is 116 Å². The molecule has 450 valence electrons. The summed E-state index contributed by atoms with van der Waals surface area (Å²) in [7, 11) is -6.15. The Kier molecular flexibility index (Phi) is 19.4. The van der Waals surface area contributed by atoms with Gasteiger partial charge < -0.3 is 16.0 Å². The SMILES string of the molecule is Cl.O=C1CCC(N2C(=O)c3cccc(NCc4cnn(C5CCN(CC(F)(F)F)CC5)c4)c3C2=O)C(=O)N1.O=C1CCC(N2C(=O)c3cccc(NCc4cnn(C5CCNCC5)c4)c3C2=O)C(=O)N1.O=S(=O)(OCC(F)(F)F)C(F)(F)F. The van der Waals surface area contributed by atoms with Crippen molar-refractivity contribution in [1.82, 2.24) is 50.2 Å². The molecule has 0 aliphatic carbocycles. The standard InChI is InChI=1S/C24H25F3N6O4.C22H24N6O4.C3H2F6O3S.ClH/c25-24(26,27)13-31-8-6-15(7-9-31)32-12-14(11-29-32)10-28-17-3-1-2-16-20(17)23(37)33(22(16)36)18-4-5-19(34)30-21(18)35;29-18-5-4-17(20(30)26-18)28-21(31)15-2-1-3-16(19(15)22(28)32)24-10-13-11-25-27(12-13)14-6-8-23-9-7-14;4-2(5,6)1-12-13(10,11)3(7,8)9;/h1-3,11-12,15,18,28H,4-10,13H2,(H,30,34,35);1-3,11-12,14,17,23-24H,4-10H2,(H,26,29,30);1H2;1H. The smallest absolute Gasteiger partial charge is 0.380 e. The van der Waals surface area contributed by atoms with Gasteiger partial charge in [-0.05, 0) is 75.9 Å². The van der Waals surface area contributed by atoms with Crippen molar-refractivity contribution in [3.8, 4) is 0 Å². The van der Waals surface area contributed by atoms with Gasteiger partial charge in [-0.25, -0.2) is 0 Å². The highest BCUT2D eigenvalue weighted by Gasteiger charge is 2.50. The fraction of sp³-hybridized carbons (Fsp3) is 0.469. The fourth-order valence-corrected chi connectivity index (χ4v) is 10.4. The van der Waals surface area contributed by atoms with Gasteiger partial charge in [0.25, 0.3) is 23.6 Å². The molecule has 83 heavy (non-hydrogen) atoms. The van der Waals surface area contributed by atoms with E-state index >= 15 is 0 Å². The summed E-state index contributed by atoms with van der Waals surface area (Å²) in [5.74, 6) is -4.33. The number of hydrogen-bond acceptors (Lipinski definition) is 17. The minimum atomic E-state index is -6.15. The van der Waals surface area contributed by atoms with Crippen molar-refractivity contribution >= 4 is 81.2 Å². The van der Waals surface area contributed by atoms with Crippen molar-refractivity contribution in [2.24, 2.45) is 0 Å². The Balaban J connectivity index is 0.000000197. The number of carbonyl (C=O) groups is 8. The topological polar surface area (TPSA) is 285 Å². The van der Waals surface area contributed by atoms with Crippen LogP contribution in [-0.4, -0.2) is 159 Å². The first-order chi connectivity index (χ1) is 38.6. The number of benzene rings is 2. The van der Waals surface area contributed by atoms with Crippen LogP contribution >= 0.6 is 12.4 Å². The summed E-state index contributed by atoms with van der Waals surface area (Å²) >= 11 is 0. The highest BCUT2D eigenvalue weighted by atomic mass is 35.5. The van der Waals surface area contributed by atoms with E-state index < -0.39 is 100 Å². The average Bonchev–Trinajstić information content (AvgIpc) is 2.04. The maximum Gasteiger partial charge on any atom is 0.523 e. The predicted molar refractivity (Wildman–Crippen MR) is 271 cm³/mol. The first-order valence-electron chi connectivity index (χ1n) is 25.3. The summed E-state index contributed by atoms with van der Waals surface area (Å²) in [4.78, 5) is 103. The van der Waals surface area contributed by atoms with Crippen molar-refractivity contribution in [1.29, 1.82) is 0 Å². The number of carbonyl (C=O) groups excluding carboxylic acids is 8. The Hall–Kier alpha value is -7.49. The molecule has 8 amide bonds. The van der Waals surface area contributed by atoms with Crippen molar-refractivity contribution < 1.29 is 90.5 Å². The van der Waals surface area contributed by atoms with Crippen molar-refractivity contribution in [2.45, 2.75) is 106 Å². The van der Waals surface area contributed by atoms with Gasteiger partial charge in [-0.1, -0.05) is 12.1 Å². The molecule has 4 aromatic rings. The molecule has 0 bridgehead atoms. The molecule has 8 heterocycles. The molecule has 6 aliphatic rings. The van der Waals surface area contributed by atoms with Crippen LogP contribution < -0.4 is 26.6 Å². The van der Waals surface area contributed by atoms with Gasteiger partial charge in [-0.3, -0.25) is 77.2 Å². The second-order valence-electron chi connectivity index (χ2n) is 19.6. The van der Waals surface area contributed by atoms with E-state index in [0.29, 0.717) is 56.4 Å². The lowest BCUT2D eigenvalue weighted by Gasteiger charge is -2.32. The first kappa shape index (κ1) is 63.1. The van der Waals surface area contributed by atoms with E-state index in [1.165, 1.54) is 11.0 Å². The summed E-state index contributed by atoms with van der Waals surface area (Å²) in [6.07, 6.45) is 1.49. The molecule has 23 nitrogen and oxygen atoms in total. The third-order valence-corrected chi connectivity index (χ3v) is 14.9. The van der Waals surface area contributed by atoms with Gasteiger partial charge in [0.05, 0.1) is 53.3 Å². The lowest BCUT2D eigenvalue weighted by Crippen LogP contribution is -2.54. The lowest BCUT2D eigenvalue weighted by molar-refractivity contribution is -0.156. The Morgan fingerprint density at radius 1 is 0.590 bits per heavy atom. The molecule has 5 N–H and O–H groups in total. The van der Waals surface area contributed by atoms with Gasteiger partial charge >= 0.3 is 28.0 Å². The zero-order valence-corrected chi connectivity index (χ0v) is 44.9. The number of piperidine rings is 4. The Labute approximate surface area is 471 Å². The highest BCUT2D eigenvalue weighted by molar-refractivity contribution is 7.87. The minimum Gasteiger partial charge on any atom is -0.380 e. The van der Waals surface area contributed by atoms with Crippen LogP contribution in [0.25, 0.3) is 0 Å². The zero-order valence-electron chi connectivity index (χ0n) is 43.2. The number of aromatic nitrogens is 4. The van der Waals surface area contributed by atoms with E-state index in [9.17, 15) is 86.3 Å². The van der Waals surface area contributed by atoms with Crippen LogP contribution in [0.15, 0.2) is 61.2 Å². The normalized spacial score (nSPS) is 20.2. The summed E-state index contributed by atoms with van der Waals surface area (Å²) in [5, 5.41) is 23.0. The molecule has 2 unspecified atom stereocenters. The molecule has 0 saturated carbocycles. The molecule has 10 rings (SSSR count). The molecular weight excluding hydrogens is 1170 g/mol. The van der Waals surface area contributed by atoms with E-state index in [0.717, 1.165) is 46.9 Å². The zero-order chi connectivity index (χ0) is 59.5.